The Labute approximate surface area is 386 Å². The Hall–Kier alpha value is -4.69. The van der Waals surface area contributed by atoms with Gasteiger partial charge in [0.2, 0.25) is 47.3 Å². The van der Waals surface area contributed by atoms with Crippen LogP contribution in [-0.2, 0) is 38.4 Å². The van der Waals surface area contributed by atoms with Crippen LogP contribution in [0.2, 0.25) is 0 Å². The molecule has 0 aromatic rings. The van der Waals surface area contributed by atoms with E-state index < -0.39 is 96.1 Å². The number of amides is 8. The van der Waals surface area contributed by atoms with E-state index in [4.69, 9.17) is 28.7 Å². The van der Waals surface area contributed by atoms with Crippen molar-refractivity contribution >= 4 is 92.5 Å². The second kappa shape index (κ2) is 29.7. The molecule has 0 radical (unpaired) electrons. The van der Waals surface area contributed by atoms with E-state index in [2.05, 4.69) is 47.2 Å². The highest BCUT2D eigenvalue weighted by Gasteiger charge is 2.36. The summed E-state index contributed by atoms with van der Waals surface area (Å²) in [4.78, 5) is 117. The first kappa shape index (κ1) is 55.4. The number of nitrogens with zero attached hydrogens (tertiary/aromatic N) is 3. The highest BCUT2D eigenvalue weighted by Crippen LogP contribution is 2.24. The van der Waals surface area contributed by atoms with Gasteiger partial charge >= 0.3 is 0 Å². The van der Waals surface area contributed by atoms with Crippen molar-refractivity contribution in [3.63, 3.8) is 0 Å². The van der Waals surface area contributed by atoms with E-state index in [1.807, 2.05) is 25.0 Å². The lowest BCUT2D eigenvalue weighted by Crippen LogP contribution is -2.59. The first-order valence-corrected chi connectivity index (χ1v) is 25.1. The van der Waals surface area contributed by atoms with Crippen molar-refractivity contribution in [2.45, 2.75) is 114 Å². The lowest BCUT2D eigenvalue weighted by Gasteiger charge is -2.31. The zero-order valence-corrected chi connectivity index (χ0v) is 39.6. The van der Waals surface area contributed by atoms with Gasteiger partial charge in [0.15, 0.2) is 11.9 Å². The number of carbonyl (C=O) groups is 8. The molecule has 0 spiro atoms. The Morgan fingerprint density at radius 3 is 1.94 bits per heavy atom. The normalized spacial score (nSPS) is 25.3. The molecular weight excluding hydrogens is 891 g/mol. The average Bonchev–Trinajstić information content (AvgIpc) is 3.68. The van der Waals surface area contributed by atoms with E-state index in [0.717, 1.165) is 10.8 Å². The number of fused-ring (bicyclic) bond motifs is 1. The van der Waals surface area contributed by atoms with Gasteiger partial charge < -0.3 is 65.9 Å². The summed E-state index contributed by atoms with van der Waals surface area (Å²) in [6.07, 6.45) is 4.49. The van der Waals surface area contributed by atoms with Gasteiger partial charge in [-0.15, -0.1) is 0 Å². The number of nitrogens with one attached hydrogen (secondary N) is 7. The van der Waals surface area contributed by atoms with Crippen molar-refractivity contribution in [1.29, 1.82) is 0 Å². The highest BCUT2D eigenvalue weighted by molar-refractivity contribution is 8.76. The molecule has 64 heavy (non-hydrogen) atoms. The average molecular weight is 960 g/mol. The summed E-state index contributed by atoms with van der Waals surface area (Å²) in [5.74, 6) is -4.61. The van der Waals surface area contributed by atoms with Crippen LogP contribution in [0.4, 0.5) is 0 Å². The van der Waals surface area contributed by atoms with Crippen molar-refractivity contribution in [3.8, 4) is 0 Å². The molecule has 26 heteroatoms. The van der Waals surface area contributed by atoms with Crippen LogP contribution in [0, 0.1) is 5.92 Å². The monoisotopic (exact) mass is 959 g/mol. The standard InChI is InChI=1S/C38H69N15O8S3/c1-21(2)16-26-34(59)50-24(8-5-12-44-37(40)41)32(57)46-17-30(55)49-27(31(39)56)19-63-64-20-28(47-22(3)54)35(60)48-23(11-15-62-4)18-53-14-7-10-29(53)36(61)51-25(33(58)52-26)9-6-13-45-38(42)43/h21,23-29H,5-20H2,1-4H3,(H2,39,56)(H,46,57)(H,47,54)(H,48,60)(H,49,55)(H,50,59)(H,51,61)(H,52,58)(H4,40,41,44)(H4,42,43,45)/t23-,24-,25-,26-,27-,28+,29-/m0/s1. The summed E-state index contributed by atoms with van der Waals surface area (Å²) in [7, 11) is 2.32. The molecule has 0 unspecified atom stereocenters. The Morgan fingerprint density at radius 1 is 0.781 bits per heavy atom. The van der Waals surface area contributed by atoms with Crippen molar-refractivity contribution in [3.05, 3.63) is 0 Å². The number of guanidine groups is 2. The van der Waals surface area contributed by atoms with Crippen molar-refractivity contribution in [2.75, 3.05) is 56.2 Å². The summed E-state index contributed by atoms with van der Waals surface area (Å²) >= 11 is 1.59. The molecule has 2 fully saturated rings. The van der Waals surface area contributed by atoms with Gasteiger partial charge in [0.25, 0.3) is 0 Å². The van der Waals surface area contributed by atoms with Crippen molar-refractivity contribution in [2.24, 2.45) is 44.6 Å². The number of thioether (sulfide) groups is 1. The smallest absolute Gasteiger partial charge is 0.243 e. The first-order valence-electron chi connectivity index (χ1n) is 21.2. The third-order valence-corrected chi connectivity index (χ3v) is 13.0. The molecule has 2 rings (SSSR count). The van der Waals surface area contributed by atoms with Crippen LogP contribution in [0.3, 0.4) is 0 Å². The molecule has 0 aromatic carbocycles. The second-order valence-corrected chi connectivity index (χ2v) is 19.5. The van der Waals surface area contributed by atoms with Gasteiger partial charge in [0, 0.05) is 44.1 Å². The molecule has 17 N–H and O–H groups in total. The van der Waals surface area contributed by atoms with Gasteiger partial charge in [0.1, 0.15) is 30.2 Å². The van der Waals surface area contributed by atoms with Gasteiger partial charge in [-0.1, -0.05) is 35.4 Å². The van der Waals surface area contributed by atoms with E-state index in [1.165, 1.54) is 17.7 Å². The number of nitrogens with two attached hydrogens (primary N) is 5. The molecule has 2 aliphatic rings. The maximum absolute atomic E-state index is 14.1. The fourth-order valence-corrected chi connectivity index (χ4v) is 9.71. The van der Waals surface area contributed by atoms with Gasteiger partial charge in [-0.3, -0.25) is 53.2 Å². The lowest BCUT2D eigenvalue weighted by molar-refractivity contribution is -0.135. The number of hydrogen-bond donors (Lipinski definition) is 12. The molecule has 7 atom stereocenters. The van der Waals surface area contributed by atoms with E-state index in [0.29, 0.717) is 44.5 Å². The van der Waals surface area contributed by atoms with E-state index in [1.54, 1.807) is 11.8 Å². The number of carbonyl (C=O) groups excluding carboxylic acids is 8. The molecule has 8 amide bonds. The van der Waals surface area contributed by atoms with Crippen LogP contribution >= 0.6 is 33.3 Å². The summed E-state index contributed by atoms with van der Waals surface area (Å²) < 4.78 is 0. The summed E-state index contributed by atoms with van der Waals surface area (Å²) in [5.41, 5.74) is 27.6. The molecular formula is C38H69N15O8S3. The Kier molecular flexibility index (Phi) is 25.7. The number of hydrogen-bond acceptors (Lipinski definition) is 14. The van der Waals surface area contributed by atoms with Crippen LogP contribution in [-0.4, -0.2) is 163 Å². The third kappa shape index (κ3) is 21.8. The maximum atomic E-state index is 14.1. The molecule has 23 nitrogen and oxygen atoms in total. The fraction of sp³-hybridized carbons (Fsp3) is 0.737. The molecule has 2 aliphatic heterocycles. The van der Waals surface area contributed by atoms with Crippen molar-refractivity contribution in [1.82, 2.24) is 42.1 Å². The summed E-state index contributed by atoms with van der Waals surface area (Å²) in [6.45, 7) is 5.54. The Balaban J connectivity index is 2.57. The molecule has 2 saturated heterocycles. The maximum Gasteiger partial charge on any atom is 0.243 e. The highest BCUT2D eigenvalue weighted by atomic mass is 33.1. The van der Waals surface area contributed by atoms with E-state index in [-0.39, 0.29) is 68.1 Å². The lowest BCUT2D eigenvalue weighted by atomic mass is 10.0. The van der Waals surface area contributed by atoms with Gasteiger partial charge in [-0.05, 0) is 75.8 Å². The summed E-state index contributed by atoms with van der Waals surface area (Å²) in [6, 6.07) is -6.68. The van der Waals surface area contributed by atoms with Gasteiger partial charge in [0.05, 0.1) is 12.6 Å². The SMILES string of the molecule is CSCC[C@H]1CN2CCC[C@H]2C(=O)N[C@@H](CCCN=C(N)N)C(=O)N[C@@H](CC(C)C)C(=O)N[C@@H](CCCN=C(N)N)C(=O)NCC(=O)N[C@H](C(N)=O)CSSC[C@@H](NC(C)=O)C(=O)N1. The quantitative estimate of drug-likeness (QED) is 0.0325. The number of primary amides is 1. The second-order valence-electron chi connectivity index (χ2n) is 15.9. The third-order valence-electron chi connectivity index (χ3n) is 9.98. The zero-order chi connectivity index (χ0) is 47.8. The number of aliphatic imine (C=N–C) groups is 2. The molecule has 0 aromatic heterocycles. The van der Waals surface area contributed by atoms with Crippen LogP contribution in [0.5, 0.6) is 0 Å². The van der Waals surface area contributed by atoms with Crippen LogP contribution in [0.25, 0.3) is 0 Å². The topological polar surface area (TPSA) is 379 Å². The van der Waals surface area contributed by atoms with E-state index >= 15 is 0 Å². The molecule has 0 aliphatic carbocycles. The minimum atomic E-state index is -1.21. The minimum Gasteiger partial charge on any atom is -0.370 e. The van der Waals surface area contributed by atoms with Crippen LogP contribution in [0.1, 0.15) is 72.1 Å². The largest absolute Gasteiger partial charge is 0.370 e. The van der Waals surface area contributed by atoms with Crippen molar-refractivity contribution < 1.29 is 38.4 Å². The van der Waals surface area contributed by atoms with Gasteiger partial charge in [-0.2, -0.15) is 11.8 Å². The summed E-state index contributed by atoms with van der Waals surface area (Å²) in [5, 5.41) is 19.1. The first-order chi connectivity index (χ1) is 30.3. The van der Waals surface area contributed by atoms with Crippen LogP contribution < -0.4 is 65.9 Å². The van der Waals surface area contributed by atoms with E-state index in [9.17, 15) is 38.4 Å². The van der Waals surface area contributed by atoms with Crippen LogP contribution in [0.15, 0.2) is 9.98 Å². The fourth-order valence-electron chi connectivity index (χ4n) is 6.85. The molecule has 0 bridgehead atoms. The minimum absolute atomic E-state index is 0.00752. The van der Waals surface area contributed by atoms with Gasteiger partial charge in [-0.25, -0.2) is 0 Å². The molecule has 362 valence electrons. The zero-order valence-electron chi connectivity index (χ0n) is 37.2. The Morgan fingerprint density at radius 2 is 1.36 bits per heavy atom. The molecule has 2 heterocycles. The predicted molar refractivity (Wildman–Crippen MR) is 251 cm³/mol. The molecule has 0 saturated carbocycles. The Bertz CT molecular complexity index is 1650. The predicted octanol–water partition coefficient (Wildman–Crippen LogP) is -3.72. The number of rotatable bonds is 15.